The van der Waals surface area contributed by atoms with Crippen molar-refractivity contribution in [2.75, 3.05) is 0 Å². The van der Waals surface area contributed by atoms with Crippen molar-refractivity contribution < 1.29 is 0 Å². The van der Waals surface area contributed by atoms with Gasteiger partial charge in [0.25, 0.3) is 0 Å². The molecule has 30 rings (SSSR count). The zero-order valence-electron chi connectivity index (χ0n) is 78.3. The van der Waals surface area contributed by atoms with E-state index >= 15 is 0 Å². The molecule has 652 valence electrons. The molecule has 22 aromatic rings. The summed E-state index contributed by atoms with van der Waals surface area (Å²) in [6, 6.07) is 182. The van der Waals surface area contributed by atoms with Gasteiger partial charge >= 0.3 is 0 Å². The van der Waals surface area contributed by atoms with Gasteiger partial charge in [-0.25, -0.2) is 0 Å². The Morgan fingerprint density at radius 2 is 0.406 bits per heavy atom. The fourth-order valence-electron chi connectivity index (χ4n) is 25.4. The smallest absolute Gasteiger partial charge is 0.0619 e. The Morgan fingerprint density at radius 3 is 0.870 bits per heavy atom. The van der Waals surface area contributed by atoms with Gasteiger partial charge in [-0.3, -0.25) is 0 Å². The Morgan fingerprint density at radius 1 is 0.130 bits per heavy atom. The van der Waals surface area contributed by atoms with Crippen LogP contribution in [0.2, 0.25) is 0 Å². The van der Waals surface area contributed by atoms with Gasteiger partial charge in [-0.1, -0.05) is 514 Å². The van der Waals surface area contributed by atoms with E-state index < -0.39 is 0 Å². The summed E-state index contributed by atoms with van der Waals surface area (Å²) < 4.78 is 0. The van der Waals surface area contributed by atoms with E-state index in [0.717, 1.165) is 0 Å². The predicted octanol–water partition coefficient (Wildman–Crippen LogP) is 35.0. The van der Waals surface area contributed by atoms with E-state index in [2.05, 4.69) is 539 Å². The number of hydrogen-bond donors (Lipinski definition) is 0. The standard InChI is InChI=1S/4C26H18.2C17H14/c1-17-9-8-13-21-20-12-4-7-16-24(20)26(25(17)21)22-14-5-2-10-18(22)19-11-3-6-15-23(19)26;1-17-9-8-16-24-25(17)20-12-4-7-15-23(20)26(24)21-13-5-2-10-18(21)19-11-3-6-14-22(19)26;1-17-14-15-25-21(16-17)20-10-4-7-13-24(20)26(25)22-11-5-2-8-18(22)19-9-3-6-12-23(19)26;1-17-14-15-21-20-10-4-7-13-24(20)26(25(21)16-17)22-11-5-2-8-18(22)19-9-3-6-12-23(19)26;1-13-9-11-15(12-10-13)17-8-4-6-14-5-2-3-7-16(14)17;1-13-6-8-15(9-7-13)17-11-10-14-4-2-3-5-16(14)12-17/h4*2-16H,1H3;2*2-12H,1H3. The quantitative estimate of drug-likeness (QED) is 0.162. The predicted molar refractivity (Wildman–Crippen MR) is 578 cm³/mol. The maximum atomic E-state index is 2.40. The summed E-state index contributed by atoms with van der Waals surface area (Å²) in [5.74, 6) is 0. The molecule has 4 spiro atoms. The van der Waals surface area contributed by atoms with Gasteiger partial charge in [0.2, 0.25) is 0 Å². The normalized spacial score (nSPS) is 13.7. The molecule has 22 aromatic carbocycles. The Balaban J connectivity index is 0.0000000886. The van der Waals surface area contributed by atoms with Crippen LogP contribution in [0, 0.1) is 41.5 Å². The van der Waals surface area contributed by atoms with Crippen LogP contribution < -0.4 is 0 Å². The third-order valence-electron chi connectivity index (χ3n) is 31.0. The van der Waals surface area contributed by atoms with Gasteiger partial charge in [0.1, 0.15) is 0 Å². The van der Waals surface area contributed by atoms with E-state index in [9.17, 15) is 0 Å². The van der Waals surface area contributed by atoms with Gasteiger partial charge in [-0.2, -0.15) is 0 Å². The lowest BCUT2D eigenvalue weighted by Gasteiger charge is -2.31. The highest BCUT2D eigenvalue weighted by Crippen LogP contribution is 2.68. The average molecular weight is 1760 g/mol. The Kier molecular flexibility index (Phi) is 20.0. The monoisotopic (exact) mass is 1760 g/mol. The maximum Gasteiger partial charge on any atom is 0.0728 e. The van der Waals surface area contributed by atoms with Crippen LogP contribution in [-0.2, 0) is 21.7 Å². The Hall–Kier alpha value is -16.6. The lowest BCUT2D eigenvalue weighted by atomic mass is 9.69. The number of aryl methyl sites for hydroxylation is 6. The SMILES string of the molecule is Cc1ccc(-c2ccc3ccccc3c2)cc1.Cc1ccc(-c2cccc3ccccc23)cc1.Cc1ccc2c(c1)-c1ccccc1C21c2ccccc2-c2ccccc21.Cc1ccc2c(c1)C1(c3ccccc3-c3ccccc31)c1ccccc1-2.Cc1cccc2c1-c1ccccc1C21c2ccccc2-c2ccccc21.Cc1cccc2c1C1(c3ccccc3-c3ccccc31)c1ccccc1-2. The molecule has 0 heterocycles. The van der Waals surface area contributed by atoms with Crippen molar-refractivity contribution in [1.29, 1.82) is 0 Å². The molecule has 0 bridgehead atoms. The molecule has 0 atom stereocenters. The van der Waals surface area contributed by atoms with Crippen LogP contribution in [0.3, 0.4) is 0 Å². The van der Waals surface area contributed by atoms with Crippen molar-refractivity contribution in [3.05, 3.63) is 620 Å². The number of hydrogen-bond acceptors (Lipinski definition) is 0. The largest absolute Gasteiger partial charge is 0.0728 e. The summed E-state index contributed by atoms with van der Waals surface area (Å²) in [5.41, 5.74) is 57.1. The van der Waals surface area contributed by atoms with E-state index in [1.165, 1.54) is 255 Å². The van der Waals surface area contributed by atoms with Crippen LogP contribution in [0.1, 0.15) is 122 Å². The van der Waals surface area contributed by atoms with Crippen molar-refractivity contribution >= 4 is 21.5 Å². The molecule has 0 heteroatoms. The van der Waals surface area contributed by atoms with E-state index in [0.29, 0.717) is 0 Å². The van der Waals surface area contributed by atoms with Crippen LogP contribution in [0.4, 0.5) is 0 Å². The fraction of sp³-hybridized carbons (Fsp3) is 0.0725. The summed E-state index contributed by atoms with van der Waals surface area (Å²) in [6.45, 7) is 13.1. The maximum absolute atomic E-state index is 2.40. The molecule has 138 heavy (non-hydrogen) atoms. The van der Waals surface area contributed by atoms with E-state index in [1.54, 1.807) is 0 Å². The summed E-state index contributed by atoms with van der Waals surface area (Å²) in [6.07, 6.45) is 0. The number of benzene rings is 22. The lowest BCUT2D eigenvalue weighted by molar-refractivity contribution is 0.786. The summed E-state index contributed by atoms with van der Waals surface area (Å²) in [7, 11) is 0. The first-order valence-electron chi connectivity index (χ1n) is 48.7. The highest BCUT2D eigenvalue weighted by atomic mass is 14.6. The van der Waals surface area contributed by atoms with Crippen molar-refractivity contribution in [2.45, 2.75) is 63.2 Å². The Labute approximate surface area is 810 Å². The molecule has 8 aliphatic carbocycles. The highest BCUT2D eigenvalue weighted by molar-refractivity contribution is 6.02. The van der Waals surface area contributed by atoms with Crippen molar-refractivity contribution in [3.8, 4) is 111 Å². The highest BCUT2D eigenvalue weighted by Gasteiger charge is 2.56. The minimum absolute atomic E-state index is 0.188. The molecule has 0 N–H and O–H groups in total. The van der Waals surface area contributed by atoms with Crippen LogP contribution in [0.25, 0.3) is 133 Å². The molecular weight excluding hydrogens is 1660 g/mol. The molecular formula is C138H100. The molecule has 0 saturated carbocycles. The van der Waals surface area contributed by atoms with E-state index in [-0.39, 0.29) is 21.7 Å². The molecule has 0 nitrogen and oxygen atoms in total. The molecule has 0 unspecified atom stereocenters. The van der Waals surface area contributed by atoms with Gasteiger partial charge in [-0.15, -0.1) is 0 Å². The van der Waals surface area contributed by atoms with Crippen LogP contribution in [-0.4, -0.2) is 0 Å². The second-order valence-corrected chi connectivity index (χ2v) is 38.5. The van der Waals surface area contributed by atoms with Gasteiger partial charge < -0.3 is 0 Å². The minimum atomic E-state index is -0.190. The number of rotatable bonds is 2. The second-order valence-electron chi connectivity index (χ2n) is 38.5. The minimum Gasteiger partial charge on any atom is -0.0619 e. The van der Waals surface area contributed by atoms with Crippen LogP contribution >= 0.6 is 0 Å². The van der Waals surface area contributed by atoms with Gasteiger partial charge in [0.05, 0.1) is 21.7 Å². The van der Waals surface area contributed by atoms with Gasteiger partial charge in [0.15, 0.2) is 0 Å². The van der Waals surface area contributed by atoms with Crippen molar-refractivity contribution in [2.24, 2.45) is 0 Å². The van der Waals surface area contributed by atoms with Crippen LogP contribution in [0.15, 0.2) is 497 Å². The van der Waals surface area contributed by atoms with Crippen LogP contribution in [0.5, 0.6) is 0 Å². The molecule has 0 radical (unpaired) electrons. The van der Waals surface area contributed by atoms with Crippen molar-refractivity contribution in [1.82, 2.24) is 0 Å². The lowest BCUT2D eigenvalue weighted by Crippen LogP contribution is -2.26. The first-order chi connectivity index (χ1) is 68.0. The summed E-state index contributed by atoms with van der Waals surface area (Å²) in [4.78, 5) is 0. The number of fused-ring (bicyclic) bond motifs is 42. The zero-order valence-corrected chi connectivity index (χ0v) is 78.3. The first-order valence-corrected chi connectivity index (χ1v) is 48.7. The van der Waals surface area contributed by atoms with E-state index in [4.69, 9.17) is 0 Å². The Bertz CT molecular complexity index is 8320. The molecule has 0 fully saturated rings. The summed E-state index contributed by atoms with van der Waals surface area (Å²) in [5, 5.41) is 5.21. The molecule has 0 amide bonds. The molecule has 0 aliphatic heterocycles. The van der Waals surface area contributed by atoms with E-state index in [1.807, 2.05) is 0 Å². The van der Waals surface area contributed by atoms with Crippen molar-refractivity contribution in [3.63, 3.8) is 0 Å². The third kappa shape index (κ3) is 12.5. The topological polar surface area (TPSA) is 0 Å². The van der Waals surface area contributed by atoms with Gasteiger partial charge in [0, 0.05) is 0 Å². The fourth-order valence-corrected chi connectivity index (χ4v) is 25.4. The third-order valence-corrected chi connectivity index (χ3v) is 31.0. The zero-order chi connectivity index (χ0) is 92.5. The average Bonchev–Trinajstić information content (AvgIpc) is 1.59. The first kappa shape index (κ1) is 83.2. The summed E-state index contributed by atoms with van der Waals surface area (Å²) >= 11 is 0. The molecule has 8 aliphatic rings. The molecule has 0 saturated heterocycles. The molecule has 0 aromatic heterocycles. The van der Waals surface area contributed by atoms with Gasteiger partial charge in [-0.05, 0) is 281 Å². The second kappa shape index (κ2) is 33.2.